The minimum atomic E-state index is 0.184. The summed E-state index contributed by atoms with van der Waals surface area (Å²) in [7, 11) is 0. The highest BCUT2D eigenvalue weighted by Gasteiger charge is 2.12. The SMILES string of the molecule is O=CCc1c(Cl)ccc(Cl)c1OCc1ccccc1. The fourth-order valence-corrected chi connectivity index (χ4v) is 2.19. The number of rotatable bonds is 5. The average molecular weight is 295 g/mol. The maximum atomic E-state index is 10.7. The fourth-order valence-electron chi connectivity index (χ4n) is 1.73. The lowest BCUT2D eigenvalue weighted by molar-refractivity contribution is -0.107. The first kappa shape index (κ1) is 13.9. The van der Waals surface area contributed by atoms with Crippen LogP contribution in [0.5, 0.6) is 5.75 Å². The van der Waals surface area contributed by atoms with Gasteiger partial charge in [0.1, 0.15) is 18.6 Å². The van der Waals surface area contributed by atoms with E-state index in [-0.39, 0.29) is 6.42 Å². The van der Waals surface area contributed by atoms with Crippen molar-refractivity contribution in [3.8, 4) is 5.75 Å². The molecule has 0 radical (unpaired) electrons. The Bertz CT molecular complexity index is 568. The van der Waals surface area contributed by atoms with Crippen LogP contribution in [-0.2, 0) is 17.8 Å². The molecule has 0 aliphatic rings. The van der Waals surface area contributed by atoms with Crippen LogP contribution in [-0.4, -0.2) is 6.29 Å². The second kappa shape index (κ2) is 6.60. The average Bonchev–Trinajstić information content (AvgIpc) is 2.43. The molecular weight excluding hydrogens is 283 g/mol. The molecular formula is C15H12Cl2O2. The Balaban J connectivity index is 2.23. The van der Waals surface area contributed by atoms with Gasteiger partial charge in [-0.2, -0.15) is 0 Å². The first-order chi connectivity index (χ1) is 9.22. The van der Waals surface area contributed by atoms with E-state index in [9.17, 15) is 4.79 Å². The van der Waals surface area contributed by atoms with Gasteiger partial charge in [-0.25, -0.2) is 0 Å². The summed E-state index contributed by atoms with van der Waals surface area (Å²) in [6.07, 6.45) is 0.969. The molecule has 0 unspecified atom stereocenters. The molecule has 0 spiro atoms. The molecule has 4 heteroatoms. The van der Waals surface area contributed by atoms with Gasteiger partial charge in [0, 0.05) is 17.0 Å². The largest absolute Gasteiger partial charge is 0.487 e. The topological polar surface area (TPSA) is 26.3 Å². The third-order valence-electron chi connectivity index (χ3n) is 2.67. The first-order valence-corrected chi connectivity index (χ1v) is 6.55. The van der Waals surface area contributed by atoms with Crippen LogP contribution >= 0.6 is 23.2 Å². The van der Waals surface area contributed by atoms with Gasteiger partial charge in [-0.3, -0.25) is 0 Å². The van der Waals surface area contributed by atoms with E-state index in [0.717, 1.165) is 11.8 Å². The molecule has 2 rings (SSSR count). The van der Waals surface area contributed by atoms with E-state index in [2.05, 4.69) is 0 Å². The molecule has 0 amide bonds. The monoisotopic (exact) mass is 294 g/mol. The van der Waals surface area contributed by atoms with E-state index in [1.54, 1.807) is 12.1 Å². The van der Waals surface area contributed by atoms with E-state index in [1.807, 2.05) is 30.3 Å². The molecule has 0 N–H and O–H groups in total. The third kappa shape index (κ3) is 3.49. The van der Waals surface area contributed by atoms with Crippen molar-refractivity contribution in [1.29, 1.82) is 0 Å². The molecule has 0 atom stereocenters. The zero-order chi connectivity index (χ0) is 13.7. The number of hydrogen-bond donors (Lipinski definition) is 0. The van der Waals surface area contributed by atoms with Crippen LogP contribution in [0, 0.1) is 0 Å². The molecule has 2 aromatic rings. The Morgan fingerprint density at radius 2 is 1.68 bits per heavy atom. The standard InChI is InChI=1S/C15H12Cl2O2/c16-13-6-7-14(17)15(12(13)8-9-18)19-10-11-4-2-1-3-5-11/h1-7,9H,8,10H2. The minimum Gasteiger partial charge on any atom is -0.487 e. The molecule has 0 fully saturated rings. The second-order valence-corrected chi connectivity index (χ2v) is 4.80. The first-order valence-electron chi connectivity index (χ1n) is 5.79. The summed E-state index contributed by atoms with van der Waals surface area (Å²) < 4.78 is 5.71. The summed E-state index contributed by atoms with van der Waals surface area (Å²) in [5, 5.41) is 0.941. The minimum absolute atomic E-state index is 0.184. The molecule has 0 aromatic heterocycles. The number of benzene rings is 2. The maximum Gasteiger partial charge on any atom is 0.143 e. The van der Waals surface area contributed by atoms with Crippen molar-refractivity contribution in [2.45, 2.75) is 13.0 Å². The third-order valence-corrected chi connectivity index (χ3v) is 3.32. The summed E-state index contributed by atoms with van der Waals surface area (Å²) in [5.74, 6) is 0.477. The van der Waals surface area contributed by atoms with E-state index < -0.39 is 0 Å². The lowest BCUT2D eigenvalue weighted by Crippen LogP contribution is -2.00. The molecule has 0 bridgehead atoms. The quantitative estimate of drug-likeness (QED) is 0.768. The van der Waals surface area contributed by atoms with Crippen LogP contribution in [0.25, 0.3) is 0 Å². The van der Waals surface area contributed by atoms with Gasteiger partial charge in [-0.15, -0.1) is 0 Å². The lowest BCUT2D eigenvalue weighted by atomic mass is 10.1. The Hall–Kier alpha value is -1.51. The Morgan fingerprint density at radius 3 is 2.37 bits per heavy atom. The Morgan fingerprint density at radius 1 is 1.00 bits per heavy atom. The zero-order valence-corrected chi connectivity index (χ0v) is 11.6. The molecule has 0 saturated carbocycles. The van der Waals surface area contributed by atoms with Gasteiger partial charge in [-0.1, -0.05) is 53.5 Å². The van der Waals surface area contributed by atoms with Crippen molar-refractivity contribution >= 4 is 29.5 Å². The van der Waals surface area contributed by atoms with E-state index in [1.165, 1.54) is 0 Å². The van der Waals surface area contributed by atoms with Gasteiger partial charge in [0.25, 0.3) is 0 Å². The molecule has 0 aliphatic heterocycles. The summed E-state index contributed by atoms with van der Waals surface area (Å²) in [6, 6.07) is 13.1. The van der Waals surface area contributed by atoms with Crippen molar-refractivity contribution in [1.82, 2.24) is 0 Å². The predicted octanol–water partition coefficient (Wildman–Crippen LogP) is 4.31. The highest BCUT2D eigenvalue weighted by atomic mass is 35.5. The molecule has 2 nitrogen and oxygen atoms in total. The van der Waals surface area contributed by atoms with Gasteiger partial charge in [-0.05, 0) is 17.7 Å². The normalized spacial score (nSPS) is 10.2. The number of carbonyl (C=O) groups is 1. The number of ether oxygens (including phenoxy) is 1. The summed E-state index contributed by atoms with van der Waals surface area (Å²) in [6.45, 7) is 0.382. The number of halogens is 2. The predicted molar refractivity (Wildman–Crippen MR) is 77.0 cm³/mol. The molecule has 98 valence electrons. The summed E-state index contributed by atoms with van der Waals surface area (Å²) >= 11 is 12.2. The van der Waals surface area contributed by atoms with Gasteiger partial charge >= 0.3 is 0 Å². The summed E-state index contributed by atoms with van der Waals surface area (Å²) in [5.41, 5.74) is 1.65. The van der Waals surface area contributed by atoms with Crippen LogP contribution in [0.2, 0.25) is 10.0 Å². The van der Waals surface area contributed by atoms with Crippen molar-refractivity contribution < 1.29 is 9.53 Å². The molecule has 0 saturated heterocycles. The second-order valence-electron chi connectivity index (χ2n) is 3.98. The smallest absolute Gasteiger partial charge is 0.143 e. The van der Waals surface area contributed by atoms with Crippen LogP contribution in [0.3, 0.4) is 0 Å². The number of carbonyl (C=O) groups excluding carboxylic acids is 1. The number of hydrogen-bond acceptors (Lipinski definition) is 2. The zero-order valence-electron chi connectivity index (χ0n) is 10.1. The van der Waals surface area contributed by atoms with Gasteiger partial charge in [0.05, 0.1) is 5.02 Å². The van der Waals surface area contributed by atoms with E-state index in [4.69, 9.17) is 27.9 Å². The Labute approximate surface area is 121 Å². The van der Waals surface area contributed by atoms with Crippen LogP contribution in [0.15, 0.2) is 42.5 Å². The number of aldehydes is 1. The Kier molecular flexibility index (Phi) is 4.83. The van der Waals surface area contributed by atoms with Crippen LogP contribution in [0.1, 0.15) is 11.1 Å². The van der Waals surface area contributed by atoms with Crippen molar-refractivity contribution in [2.75, 3.05) is 0 Å². The van der Waals surface area contributed by atoms with Gasteiger partial charge in [0.15, 0.2) is 0 Å². The van der Waals surface area contributed by atoms with Crippen molar-refractivity contribution in [3.05, 3.63) is 63.6 Å². The van der Waals surface area contributed by atoms with Gasteiger partial charge in [0.2, 0.25) is 0 Å². The van der Waals surface area contributed by atoms with E-state index in [0.29, 0.717) is 28.0 Å². The van der Waals surface area contributed by atoms with Crippen LogP contribution in [0.4, 0.5) is 0 Å². The highest BCUT2D eigenvalue weighted by molar-refractivity contribution is 6.35. The highest BCUT2D eigenvalue weighted by Crippen LogP contribution is 2.34. The molecule has 19 heavy (non-hydrogen) atoms. The fraction of sp³-hybridized carbons (Fsp3) is 0.133. The summed E-state index contributed by atoms with van der Waals surface area (Å²) in [4.78, 5) is 10.7. The van der Waals surface area contributed by atoms with Crippen LogP contribution < -0.4 is 4.74 Å². The molecule has 0 aliphatic carbocycles. The van der Waals surface area contributed by atoms with Crippen molar-refractivity contribution in [3.63, 3.8) is 0 Å². The lowest BCUT2D eigenvalue weighted by Gasteiger charge is -2.13. The molecule has 2 aromatic carbocycles. The van der Waals surface area contributed by atoms with Crippen molar-refractivity contribution in [2.24, 2.45) is 0 Å². The molecule has 0 heterocycles. The maximum absolute atomic E-state index is 10.7. The van der Waals surface area contributed by atoms with Gasteiger partial charge < -0.3 is 9.53 Å². The van der Waals surface area contributed by atoms with E-state index >= 15 is 0 Å².